The van der Waals surface area contributed by atoms with Crippen molar-refractivity contribution in [3.8, 4) is 5.69 Å². The topological polar surface area (TPSA) is 46.9 Å². The van der Waals surface area contributed by atoms with Gasteiger partial charge in [0.2, 0.25) is 0 Å². The maximum atomic E-state index is 12.1. The molecular formula is C15H19N3O. The van der Waals surface area contributed by atoms with Gasteiger partial charge in [0.05, 0.1) is 17.4 Å². The molecule has 19 heavy (non-hydrogen) atoms. The van der Waals surface area contributed by atoms with Crippen LogP contribution in [-0.4, -0.2) is 21.2 Å². The van der Waals surface area contributed by atoms with Crippen LogP contribution < -0.4 is 5.32 Å². The Morgan fingerprint density at radius 3 is 2.63 bits per heavy atom. The second kappa shape index (κ2) is 5.26. The number of hydrogen-bond donors (Lipinski definition) is 1. The van der Waals surface area contributed by atoms with Gasteiger partial charge in [-0.2, -0.15) is 5.10 Å². The van der Waals surface area contributed by atoms with Crippen molar-refractivity contribution >= 4 is 5.91 Å². The summed E-state index contributed by atoms with van der Waals surface area (Å²) in [6.07, 6.45) is 4.22. The molecule has 0 atom stereocenters. The molecule has 0 spiro atoms. The second-order valence-electron chi connectivity index (χ2n) is 5.20. The number of nitrogens with zero attached hydrogens (tertiary/aromatic N) is 2. The molecule has 0 bridgehead atoms. The summed E-state index contributed by atoms with van der Waals surface area (Å²) in [5.74, 6) is -0.0889. The first-order valence-electron chi connectivity index (χ1n) is 6.44. The monoisotopic (exact) mass is 257 g/mol. The van der Waals surface area contributed by atoms with Crippen LogP contribution in [0.2, 0.25) is 0 Å². The van der Waals surface area contributed by atoms with E-state index in [4.69, 9.17) is 0 Å². The highest BCUT2D eigenvalue weighted by atomic mass is 16.1. The number of amides is 1. The summed E-state index contributed by atoms with van der Waals surface area (Å²) in [4.78, 5) is 12.1. The van der Waals surface area contributed by atoms with E-state index in [2.05, 4.69) is 10.4 Å². The molecule has 1 aromatic heterocycles. The normalized spacial score (nSPS) is 11.3. The Labute approximate surface area is 113 Å². The molecule has 1 N–H and O–H groups in total. The maximum Gasteiger partial charge on any atom is 0.254 e. The van der Waals surface area contributed by atoms with Crippen LogP contribution in [0.15, 0.2) is 42.7 Å². The second-order valence-corrected chi connectivity index (χ2v) is 5.20. The van der Waals surface area contributed by atoms with Gasteiger partial charge in [-0.25, -0.2) is 4.68 Å². The van der Waals surface area contributed by atoms with Crippen molar-refractivity contribution in [2.24, 2.45) is 0 Å². The minimum Gasteiger partial charge on any atom is -0.347 e. The summed E-state index contributed by atoms with van der Waals surface area (Å²) >= 11 is 0. The molecule has 0 radical (unpaired) electrons. The van der Waals surface area contributed by atoms with Crippen LogP contribution in [-0.2, 0) is 0 Å². The van der Waals surface area contributed by atoms with Crippen molar-refractivity contribution < 1.29 is 4.79 Å². The lowest BCUT2D eigenvalue weighted by Gasteiger charge is -2.23. The number of rotatable bonds is 4. The molecule has 0 aliphatic heterocycles. The lowest BCUT2D eigenvalue weighted by Crippen LogP contribution is -2.42. The third-order valence-corrected chi connectivity index (χ3v) is 3.20. The van der Waals surface area contributed by atoms with Crippen LogP contribution in [0.1, 0.15) is 37.6 Å². The van der Waals surface area contributed by atoms with Crippen LogP contribution in [0, 0.1) is 0 Å². The molecule has 1 amide bonds. The van der Waals surface area contributed by atoms with Gasteiger partial charge in [0, 0.05) is 11.7 Å². The molecule has 4 heteroatoms. The van der Waals surface area contributed by atoms with Gasteiger partial charge in [-0.3, -0.25) is 4.79 Å². The third-order valence-electron chi connectivity index (χ3n) is 3.20. The molecule has 0 aliphatic carbocycles. The zero-order chi connectivity index (χ0) is 13.9. The van der Waals surface area contributed by atoms with Gasteiger partial charge in [-0.15, -0.1) is 0 Å². The van der Waals surface area contributed by atoms with E-state index in [0.717, 1.165) is 12.1 Å². The van der Waals surface area contributed by atoms with Gasteiger partial charge >= 0.3 is 0 Å². The molecule has 4 nitrogen and oxygen atoms in total. The highest BCUT2D eigenvalue weighted by molar-refractivity contribution is 5.94. The van der Waals surface area contributed by atoms with E-state index < -0.39 is 0 Å². The molecule has 0 aliphatic rings. The predicted molar refractivity (Wildman–Crippen MR) is 75.4 cm³/mol. The van der Waals surface area contributed by atoms with Crippen molar-refractivity contribution in [3.63, 3.8) is 0 Å². The molecule has 2 aromatic rings. The van der Waals surface area contributed by atoms with Gasteiger partial charge in [-0.05, 0) is 32.4 Å². The summed E-state index contributed by atoms with van der Waals surface area (Å²) < 4.78 is 1.70. The van der Waals surface area contributed by atoms with E-state index in [1.54, 1.807) is 17.1 Å². The lowest BCUT2D eigenvalue weighted by molar-refractivity contribution is 0.0911. The highest BCUT2D eigenvalue weighted by Crippen LogP contribution is 2.11. The molecule has 0 saturated heterocycles. The first-order chi connectivity index (χ1) is 9.02. The van der Waals surface area contributed by atoms with E-state index in [9.17, 15) is 4.79 Å². The number of carbonyl (C=O) groups excluding carboxylic acids is 1. The molecule has 0 fully saturated rings. The number of hydrogen-bond acceptors (Lipinski definition) is 2. The summed E-state index contributed by atoms with van der Waals surface area (Å²) in [7, 11) is 0. The Bertz CT molecular complexity index is 558. The van der Waals surface area contributed by atoms with Crippen molar-refractivity contribution in [3.05, 3.63) is 48.3 Å². The van der Waals surface area contributed by atoms with Crippen LogP contribution in [0.5, 0.6) is 0 Å². The average molecular weight is 257 g/mol. The molecule has 100 valence electrons. The molecule has 2 rings (SSSR count). The predicted octanol–water partition coefficient (Wildman–Crippen LogP) is 2.79. The van der Waals surface area contributed by atoms with Crippen molar-refractivity contribution in [2.45, 2.75) is 32.7 Å². The Morgan fingerprint density at radius 1 is 1.32 bits per heavy atom. The number of carbonyl (C=O) groups is 1. The van der Waals surface area contributed by atoms with Crippen molar-refractivity contribution in [1.82, 2.24) is 15.1 Å². The Morgan fingerprint density at radius 2 is 2.00 bits per heavy atom. The van der Waals surface area contributed by atoms with Gasteiger partial charge in [0.1, 0.15) is 0 Å². The number of aromatic nitrogens is 2. The Hall–Kier alpha value is -2.10. The molecule has 1 heterocycles. The van der Waals surface area contributed by atoms with Gasteiger partial charge in [-0.1, -0.05) is 25.1 Å². The summed E-state index contributed by atoms with van der Waals surface area (Å²) in [6, 6.07) is 9.73. The Balaban J connectivity index is 2.16. The minimum atomic E-state index is -0.202. The fraction of sp³-hybridized carbons (Fsp3) is 0.333. The fourth-order valence-corrected chi connectivity index (χ4v) is 1.63. The first kappa shape index (κ1) is 13.3. The molecule has 0 saturated carbocycles. The first-order valence-corrected chi connectivity index (χ1v) is 6.44. The van der Waals surface area contributed by atoms with Crippen LogP contribution in [0.25, 0.3) is 5.69 Å². The highest BCUT2D eigenvalue weighted by Gasteiger charge is 2.19. The minimum absolute atomic E-state index is 0.0889. The SMILES string of the molecule is CCC(C)(C)NC(=O)c1cnn(-c2ccccc2)c1. The van der Waals surface area contributed by atoms with Crippen LogP contribution in [0.4, 0.5) is 0 Å². The van der Waals surface area contributed by atoms with E-state index in [-0.39, 0.29) is 11.4 Å². The molecule has 0 unspecified atom stereocenters. The molecule has 1 aromatic carbocycles. The number of para-hydroxylation sites is 1. The van der Waals surface area contributed by atoms with E-state index in [1.165, 1.54) is 0 Å². The van der Waals surface area contributed by atoms with E-state index >= 15 is 0 Å². The largest absolute Gasteiger partial charge is 0.347 e. The molecular weight excluding hydrogens is 238 g/mol. The van der Waals surface area contributed by atoms with Crippen molar-refractivity contribution in [1.29, 1.82) is 0 Å². The smallest absolute Gasteiger partial charge is 0.254 e. The number of benzene rings is 1. The quantitative estimate of drug-likeness (QED) is 0.915. The van der Waals surface area contributed by atoms with Gasteiger partial charge in [0.25, 0.3) is 5.91 Å². The number of nitrogens with one attached hydrogen (secondary N) is 1. The standard InChI is InChI=1S/C15H19N3O/c1-4-15(2,3)17-14(19)12-10-16-18(11-12)13-8-6-5-7-9-13/h5-11H,4H2,1-3H3,(H,17,19). The fourth-order valence-electron chi connectivity index (χ4n) is 1.63. The zero-order valence-corrected chi connectivity index (χ0v) is 11.6. The van der Waals surface area contributed by atoms with E-state index in [0.29, 0.717) is 5.56 Å². The summed E-state index contributed by atoms with van der Waals surface area (Å²) in [5.41, 5.74) is 1.31. The van der Waals surface area contributed by atoms with E-state index in [1.807, 2.05) is 51.1 Å². The summed E-state index contributed by atoms with van der Waals surface area (Å²) in [5, 5.41) is 7.21. The Kier molecular flexibility index (Phi) is 3.69. The zero-order valence-electron chi connectivity index (χ0n) is 11.6. The average Bonchev–Trinajstić information content (AvgIpc) is 2.89. The third kappa shape index (κ3) is 3.22. The van der Waals surface area contributed by atoms with Gasteiger partial charge < -0.3 is 5.32 Å². The van der Waals surface area contributed by atoms with Crippen LogP contribution in [0.3, 0.4) is 0 Å². The summed E-state index contributed by atoms with van der Waals surface area (Å²) in [6.45, 7) is 6.06. The van der Waals surface area contributed by atoms with Crippen molar-refractivity contribution in [2.75, 3.05) is 0 Å². The van der Waals surface area contributed by atoms with Gasteiger partial charge in [0.15, 0.2) is 0 Å². The lowest BCUT2D eigenvalue weighted by atomic mass is 10.0. The maximum absolute atomic E-state index is 12.1. The van der Waals surface area contributed by atoms with Crippen LogP contribution >= 0.6 is 0 Å².